The van der Waals surface area contributed by atoms with Crippen molar-refractivity contribution in [1.82, 2.24) is 4.90 Å². The zero-order chi connectivity index (χ0) is 16.8. The Morgan fingerprint density at radius 1 is 1.13 bits per heavy atom. The van der Waals surface area contributed by atoms with Gasteiger partial charge in [0.15, 0.2) is 0 Å². The molecule has 1 amide bonds. The van der Waals surface area contributed by atoms with Gasteiger partial charge in [0.05, 0.1) is 6.54 Å². The van der Waals surface area contributed by atoms with Crippen LogP contribution in [0.5, 0.6) is 5.75 Å². The van der Waals surface area contributed by atoms with Gasteiger partial charge in [-0.05, 0) is 48.5 Å². The third-order valence-electron chi connectivity index (χ3n) is 3.29. The van der Waals surface area contributed by atoms with E-state index in [2.05, 4.69) is 0 Å². The SMILES string of the molecule is CN(CCOc1ccc(F)cc1)C(=O)c1ccc(S(C)=O)cc1. The molecule has 0 radical (unpaired) electrons. The van der Waals surface area contributed by atoms with E-state index in [1.54, 1.807) is 54.6 Å². The average molecular weight is 335 g/mol. The summed E-state index contributed by atoms with van der Waals surface area (Å²) in [6.07, 6.45) is 1.59. The second-order valence-corrected chi connectivity index (χ2v) is 6.39. The summed E-state index contributed by atoms with van der Waals surface area (Å²) in [6, 6.07) is 12.4. The normalized spacial score (nSPS) is 11.8. The van der Waals surface area contributed by atoms with Crippen molar-refractivity contribution in [1.29, 1.82) is 0 Å². The number of carbonyl (C=O) groups excluding carboxylic acids is 1. The van der Waals surface area contributed by atoms with Gasteiger partial charge < -0.3 is 9.64 Å². The van der Waals surface area contributed by atoms with Crippen molar-refractivity contribution in [2.75, 3.05) is 26.5 Å². The van der Waals surface area contributed by atoms with Crippen LogP contribution in [0.4, 0.5) is 4.39 Å². The van der Waals surface area contributed by atoms with Crippen molar-refractivity contribution >= 4 is 16.7 Å². The summed E-state index contributed by atoms with van der Waals surface area (Å²) < 4.78 is 29.6. The number of hydrogen-bond acceptors (Lipinski definition) is 3. The zero-order valence-electron chi connectivity index (χ0n) is 13.0. The Labute approximate surface area is 137 Å². The highest BCUT2D eigenvalue weighted by molar-refractivity contribution is 7.84. The van der Waals surface area contributed by atoms with Gasteiger partial charge in [0, 0.05) is 34.6 Å². The highest BCUT2D eigenvalue weighted by atomic mass is 32.2. The molecular formula is C17H18FNO3S. The first-order valence-electron chi connectivity index (χ1n) is 7.04. The van der Waals surface area contributed by atoms with Crippen LogP contribution < -0.4 is 4.74 Å². The molecule has 0 bridgehead atoms. The third-order valence-corrected chi connectivity index (χ3v) is 4.22. The summed E-state index contributed by atoms with van der Waals surface area (Å²) in [5.74, 6) is 0.101. The van der Waals surface area contributed by atoms with E-state index in [0.717, 1.165) is 0 Å². The molecule has 0 saturated heterocycles. The molecule has 6 heteroatoms. The Hall–Kier alpha value is -2.21. The lowest BCUT2D eigenvalue weighted by Gasteiger charge is -2.17. The van der Waals surface area contributed by atoms with Crippen molar-refractivity contribution in [3.8, 4) is 5.75 Å². The van der Waals surface area contributed by atoms with Crippen molar-refractivity contribution in [2.24, 2.45) is 0 Å². The van der Waals surface area contributed by atoms with E-state index in [9.17, 15) is 13.4 Å². The van der Waals surface area contributed by atoms with E-state index in [4.69, 9.17) is 4.74 Å². The quantitative estimate of drug-likeness (QED) is 0.815. The van der Waals surface area contributed by atoms with Gasteiger partial charge in [0.1, 0.15) is 18.2 Å². The fourth-order valence-corrected chi connectivity index (χ4v) is 2.46. The highest BCUT2D eigenvalue weighted by Crippen LogP contribution is 2.12. The fraction of sp³-hybridized carbons (Fsp3) is 0.235. The van der Waals surface area contributed by atoms with E-state index < -0.39 is 10.8 Å². The lowest BCUT2D eigenvalue weighted by atomic mass is 10.2. The third kappa shape index (κ3) is 4.89. The summed E-state index contributed by atoms with van der Waals surface area (Å²) in [5.41, 5.74) is 0.531. The molecule has 0 spiro atoms. The first-order chi connectivity index (χ1) is 11.0. The second kappa shape index (κ2) is 7.87. The molecule has 0 saturated carbocycles. The number of likely N-dealkylation sites (N-methyl/N-ethyl adjacent to an activating group) is 1. The number of halogens is 1. The molecule has 0 fully saturated rings. The van der Waals surface area contributed by atoms with Gasteiger partial charge >= 0.3 is 0 Å². The fourth-order valence-electron chi connectivity index (χ4n) is 1.94. The molecular weight excluding hydrogens is 317 g/mol. The molecule has 2 rings (SSSR count). The molecule has 1 unspecified atom stereocenters. The van der Waals surface area contributed by atoms with E-state index in [0.29, 0.717) is 29.4 Å². The van der Waals surface area contributed by atoms with Crippen LogP contribution in [0.2, 0.25) is 0 Å². The van der Waals surface area contributed by atoms with Crippen LogP contribution in [0.1, 0.15) is 10.4 Å². The van der Waals surface area contributed by atoms with Gasteiger partial charge in [-0.3, -0.25) is 9.00 Å². The number of rotatable bonds is 6. The molecule has 23 heavy (non-hydrogen) atoms. The Bertz CT molecular complexity index is 686. The number of nitrogens with zero attached hydrogens (tertiary/aromatic N) is 1. The van der Waals surface area contributed by atoms with E-state index in [1.807, 2.05) is 0 Å². The summed E-state index contributed by atoms with van der Waals surface area (Å²) in [6.45, 7) is 0.711. The van der Waals surface area contributed by atoms with Gasteiger partial charge in [-0.15, -0.1) is 0 Å². The lowest BCUT2D eigenvalue weighted by Crippen LogP contribution is -2.30. The molecule has 0 N–H and O–H groups in total. The summed E-state index contributed by atoms with van der Waals surface area (Å²) in [5, 5.41) is 0. The number of hydrogen-bond donors (Lipinski definition) is 0. The molecule has 2 aromatic rings. The van der Waals surface area contributed by atoms with Gasteiger partial charge in [0.25, 0.3) is 5.91 Å². The predicted octanol–water partition coefficient (Wildman–Crippen LogP) is 2.71. The monoisotopic (exact) mass is 335 g/mol. The molecule has 4 nitrogen and oxygen atoms in total. The van der Waals surface area contributed by atoms with Crippen molar-refractivity contribution in [3.63, 3.8) is 0 Å². The largest absolute Gasteiger partial charge is 0.492 e. The molecule has 0 aromatic heterocycles. The van der Waals surface area contributed by atoms with E-state index in [-0.39, 0.29) is 11.7 Å². The molecule has 0 aliphatic rings. The minimum absolute atomic E-state index is 0.138. The van der Waals surface area contributed by atoms with Gasteiger partial charge in [-0.25, -0.2) is 4.39 Å². The summed E-state index contributed by atoms with van der Waals surface area (Å²) in [4.78, 5) is 14.5. The van der Waals surface area contributed by atoms with Crippen molar-refractivity contribution in [3.05, 3.63) is 59.9 Å². The van der Waals surface area contributed by atoms with Gasteiger partial charge in [-0.1, -0.05) is 0 Å². The van der Waals surface area contributed by atoms with E-state index in [1.165, 1.54) is 12.1 Å². The van der Waals surface area contributed by atoms with Gasteiger partial charge in [-0.2, -0.15) is 0 Å². The Kier molecular flexibility index (Phi) is 5.87. The molecule has 1 atom stereocenters. The maximum Gasteiger partial charge on any atom is 0.253 e. The first kappa shape index (κ1) is 17.1. The Morgan fingerprint density at radius 3 is 2.30 bits per heavy atom. The Morgan fingerprint density at radius 2 is 1.74 bits per heavy atom. The smallest absolute Gasteiger partial charge is 0.253 e. The van der Waals surface area contributed by atoms with Crippen LogP contribution in [0.3, 0.4) is 0 Å². The lowest BCUT2D eigenvalue weighted by molar-refractivity contribution is 0.0773. The number of amides is 1. The zero-order valence-corrected chi connectivity index (χ0v) is 13.8. The summed E-state index contributed by atoms with van der Waals surface area (Å²) in [7, 11) is 0.622. The van der Waals surface area contributed by atoms with E-state index >= 15 is 0 Å². The Balaban J connectivity index is 1.87. The van der Waals surface area contributed by atoms with Crippen LogP contribution in [0, 0.1) is 5.82 Å². The minimum atomic E-state index is -1.06. The first-order valence-corrected chi connectivity index (χ1v) is 8.60. The maximum atomic E-state index is 12.8. The highest BCUT2D eigenvalue weighted by Gasteiger charge is 2.12. The predicted molar refractivity (Wildman–Crippen MR) is 87.6 cm³/mol. The number of benzene rings is 2. The van der Waals surface area contributed by atoms with Crippen LogP contribution in [0.15, 0.2) is 53.4 Å². The van der Waals surface area contributed by atoms with Gasteiger partial charge in [0.2, 0.25) is 0 Å². The standard InChI is InChI=1S/C17H18FNO3S/c1-19(11-12-22-15-7-5-14(18)6-8-15)17(20)13-3-9-16(10-4-13)23(2)21/h3-10H,11-12H2,1-2H3. The average Bonchev–Trinajstić information content (AvgIpc) is 2.56. The minimum Gasteiger partial charge on any atom is -0.492 e. The van der Waals surface area contributed by atoms with Crippen LogP contribution in [0.25, 0.3) is 0 Å². The van der Waals surface area contributed by atoms with Crippen LogP contribution in [-0.2, 0) is 10.8 Å². The topological polar surface area (TPSA) is 46.6 Å². The summed E-state index contributed by atoms with van der Waals surface area (Å²) >= 11 is 0. The second-order valence-electron chi connectivity index (χ2n) is 5.01. The number of ether oxygens (including phenoxy) is 1. The maximum absolute atomic E-state index is 12.8. The van der Waals surface area contributed by atoms with Crippen LogP contribution in [-0.4, -0.2) is 41.5 Å². The molecule has 122 valence electrons. The number of carbonyl (C=O) groups is 1. The van der Waals surface area contributed by atoms with Crippen molar-refractivity contribution < 1.29 is 18.1 Å². The van der Waals surface area contributed by atoms with Crippen molar-refractivity contribution in [2.45, 2.75) is 4.90 Å². The molecule has 0 aliphatic carbocycles. The molecule has 0 aliphatic heterocycles. The molecule has 0 heterocycles. The van der Waals surface area contributed by atoms with Crippen LogP contribution >= 0.6 is 0 Å². The molecule has 2 aromatic carbocycles.